The second-order valence-electron chi connectivity index (χ2n) is 5.52. The van der Waals surface area contributed by atoms with E-state index < -0.39 is 12.3 Å². The van der Waals surface area contributed by atoms with Gasteiger partial charge < -0.3 is 10.4 Å². The molecular formula is C15H14N4O3S. The molecule has 7 nitrogen and oxygen atoms in total. The Balaban J connectivity index is 1.53. The third kappa shape index (κ3) is 2.66. The van der Waals surface area contributed by atoms with Gasteiger partial charge in [0.1, 0.15) is 10.7 Å². The van der Waals surface area contributed by atoms with E-state index >= 15 is 0 Å². The summed E-state index contributed by atoms with van der Waals surface area (Å²) in [7, 11) is 0. The second kappa shape index (κ2) is 5.32. The average Bonchev–Trinajstić information content (AvgIpc) is 3.11. The summed E-state index contributed by atoms with van der Waals surface area (Å²) in [5, 5.41) is 13.7. The molecule has 2 aliphatic heterocycles. The third-order valence-corrected chi connectivity index (χ3v) is 4.87. The van der Waals surface area contributed by atoms with E-state index in [4.69, 9.17) is 5.11 Å². The van der Waals surface area contributed by atoms with Crippen molar-refractivity contribution in [3.05, 3.63) is 40.1 Å². The molecule has 1 saturated carbocycles. The van der Waals surface area contributed by atoms with E-state index in [-0.39, 0.29) is 16.7 Å². The first-order chi connectivity index (χ1) is 11.1. The van der Waals surface area contributed by atoms with E-state index in [1.54, 1.807) is 17.1 Å². The first-order valence-corrected chi connectivity index (χ1v) is 8.10. The van der Waals surface area contributed by atoms with Crippen molar-refractivity contribution in [2.24, 2.45) is 10.9 Å². The van der Waals surface area contributed by atoms with Gasteiger partial charge in [0.15, 0.2) is 6.29 Å². The normalized spacial score (nSPS) is 22.4. The molecule has 1 unspecified atom stereocenters. The minimum Gasteiger partial charge on any atom is -0.477 e. The smallest absolute Gasteiger partial charge is 0.345 e. The van der Waals surface area contributed by atoms with Crippen LogP contribution in [0, 0.1) is 5.92 Å². The molecule has 8 heteroatoms. The number of hydrazine groups is 1. The molecule has 0 radical (unpaired) electrons. The van der Waals surface area contributed by atoms with Gasteiger partial charge in [-0.2, -0.15) is 5.43 Å². The standard InChI is InChI=1S/C15H14N4O3S/c20-13(8-4-5-8)17-15-16-12-3-1-2-9(19(12)18-15)10-6-7-11(23-10)14(21)22/h1-3,6-8,15,18H,4-5H2,(H,17,20)(H,21,22). The summed E-state index contributed by atoms with van der Waals surface area (Å²) in [6.07, 6.45) is 6.97. The molecule has 1 aromatic rings. The number of hydrogen-bond donors (Lipinski definition) is 3. The molecule has 0 saturated heterocycles. The van der Waals surface area contributed by atoms with Crippen molar-refractivity contribution in [1.82, 2.24) is 15.8 Å². The average molecular weight is 330 g/mol. The van der Waals surface area contributed by atoms with Crippen molar-refractivity contribution in [3.8, 4) is 0 Å². The number of aliphatic imine (C=N–C) groups is 1. The molecule has 3 aliphatic rings. The summed E-state index contributed by atoms with van der Waals surface area (Å²) in [6, 6.07) is 3.36. The highest BCUT2D eigenvalue weighted by atomic mass is 32.1. The van der Waals surface area contributed by atoms with Crippen LogP contribution < -0.4 is 10.7 Å². The van der Waals surface area contributed by atoms with Crippen LogP contribution in [0.2, 0.25) is 0 Å². The zero-order valence-corrected chi connectivity index (χ0v) is 12.8. The van der Waals surface area contributed by atoms with Crippen LogP contribution in [-0.2, 0) is 4.79 Å². The number of thiophene rings is 1. The maximum absolute atomic E-state index is 11.9. The molecule has 3 N–H and O–H groups in total. The number of allylic oxidation sites excluding steroid dienone is 2. The SMILES string of the molecule is O=C(O)c1ccc(C2=CC=CC3=NC(NC(=O)C4CC4)NN23)s1. The molecule has 4 rings (SSSR count). The zero-order valence-electron chi connectivity index (χ0n) is 12.0. The molecule has 1 aliphatic carbocycles. The Hall–Kier alpha value is -2.45. The number of fused-ring (bicyclic) bond motifs is 1. The minimum absolute atomic E-state index is 0.0190. The lowest BCUT2D eigenvalue weighted by atomic mass is 10.2. The lowest BCUT2D eigenvalue weighted by Crippen LogP contribution is -2.47. The Morgan fingerprint density at radius 1 is 1.39 bits per heavy atom. The van der Waals surface area contributed by atoms with Crippen molar-refractivity contribution in [3.63, 3.8) is 0 Å². The lowest BCUT2D eigenvalue weighted by molar-refractivity contribution is -0.123. The summed E-state index contributed by atoms with van der Waals surface area (Å²) >= 11 is 1.20. The Bertz CT molecular complexity index is 775. The predicted octanol–water partition coefficient (Wildman–Crippen LogP) is 1.39. The lowest BCUT2D eigenvalue weighted by Gasteiger charge is -2.24. The van der Waals surface area contributed by atoms with Crippen molar-refractivity contribution < 1.29 is 14.7 Å². The number of rotatable bonds is 4. The van der Waals surface area contributed by atoms with Crippen molar-refractivity contribution >= 4 is 34.7 Å². The summed E-state index contributed by atoms with van der Waals surface area (Å²) in [6.45, 7) is 0. The minimum atomic E-state index is -0.939. The van der Waals surface area contributed by atoms with E-state index in [1.165, 1.54) is 11.3 Å². The number of carboxylic acids is 1. The number of carbonyl (C=O) groups excluding carboxylic acids is 1. The molecule has 3 heterocycles. The molecular weight excluding hydrogens is 316 g/mol. The number of carbonyl (C=O) groups is 2. The molecule has 1 fully saturated rings. The number of hydrogen-bond acceptors (Lipinski definition) is 6. The van der Waals surface area contributed by atoms with Crippen LogP contribution in [0.25, 0.3) is 5.70 Å². The molecule has 23 heavy (non-hydrogen) atoms. The van der Waals surface area contributed by atoms with Gasteiger partial charge in [0, 0.05) is 5.92 Å². The maximum Gasteiger partial charge on any atom is 0.345 e. The van der Waals surface area contributed by atoms with Gasteiger partial charge in [-0.1, -0.05) is 6.08 Å². The summed E-state index contributed by atoms with van der Waals surface area (Å²) in [4.78, 5) is 28.4. The molecule has 0 spiro atoms. The van der Waals surface area contributed by atoms with Gasteiger partial charge in [0.25, 0.3) is 0 Å². The first-order valence-electron chi connectivity index (χ1n) is 7.28. The van der Waals surface area contributed by atoms with Gasteiger partial charge in [-0.25, -0.2) is 9.79 Å². The fourth-order valence-corrected chi connectivity index (χ4v) is 3.32. The summed E-state index contributed by atoms with van der Waals surface area (Å²) in [5.41, 5.74) is 3.94. The van der Waals surface area contributed by atoms with Crippen molar-refractivity contribution in [2.45, 2.75) is 19.1 Å². The summed E-state index contributed by atoms with van der Waals surface area (Å²) < 4.78 is 0. The van der Waals surface area contributed by atoms with Crippen LogP contribution in [-0.4, -0.2) is 34.1 Å². The van der Waals surface area contributed by atoms with Gasteiger partial charge in [-0.05, 0) is 37.1 Å². The fraction of sp³-hybridized carbons (Fsp3) is 0.267. The van der Waals surface area contributed by atoms with Crippen LogP contribution in [0.4, 0.5) is 0 Å². The molecule has 1 amide bonds. The number of nitrogens with one attached hydrogen (secondary N) is 2. The highest BCUT2D eigenvalue weighted by Gasteiger charge is 2.34. The number of amidine groups is 1. The Morgan fingerprint density at radius 2 is 2.22 bits per heavy atom. The van der Waals surface area contributed by atoms with E-state index in [9.17, 15) is 9.59 Å². The largest absolute Gasteiger partial charge is 0.477 e. The van der Waals surface area contributed by atoms with E-state index in [0.29, 0.717) is 5.84 Å². The Morgan fingerprint density at radius 3 is 2.91 bits per heavy atom. The second-order valence-corrected chi connectivity index (χ2v) is 6.60. The van der Waals surface area contributed by atoms with Gasteiger partial charge >= 0.3 is 5.97 Å². The number of nitrogens with zero attached hydrogens (tertiary/aromatic N) is 2. The molecule has 0 aromatic carbocycles. The number of amides is 1. The van der Waals surface area contributed by atoms with Crippen LogP contribution in [0.3, 0.4) is 0 Å². The van der Waals surface area contributed by atoms with E-state index in [2.05, 4.69) is 15.7 Å². The molecule has 1 aromatic heterocycles. The fourth-order valence-electron chi connectivity index (χ4n) is 2.46. The van der Waals surface area contributed by atoms with Gasteiger partial charge in [-0.3, -0.25) is 9.80 Å². The Labute approximate surface area is 136 Å². The van der Waals surface area contributed by atoms with E-state index in [1.807, 2.05) is 18.2 Å². The molecule has 0 bridgehead atoms. The Kier molecular flexibility index (Phi) is 3.28. The van der Waals surface area contributed by atoms with Crippen molar-refractivity contribution in [1.29, 1.82) is 0 Å². The van der Waals surface area contributed by atoms with Crippen molar-refractivity contribution in [2.75, 3.05) is 0 Å². The first kappa shape index (κ1) is 14.2. The molecule has 118 valence electrons. The van der Waals surface area contributed by atoms with Crippen LogP contribution in [0.1, 0.15) is 27.4 Å². The van der Waals surface area contributed by atoms with E-state index in [0.717, 1.165) is 23.4 Å². The third-order valence-electron chi connectivity index (χ3n) is 3.78. The van der Waals surface area contributed by atoms with Gasteiger partial charge in [-0.15, -0.1) is 11.3 Å². The monoisotopic (exact) mass is 330 g/mol. The van der Waals surface area contributed by atoms with Gasteiger partial charge in [0.2, 0.25) is 5.91 Å². The maximum atomic E-state index is 11.9. The quantitative estimate of drug-likeness (QED) is 0.775. The van der Waals surface area contributed by atoms with Crippen LogP contribution in [0.5, 0.6) is 0 Å². The van der Waals surface area contributed by atoms with Crippen LogP contribution >= 0.6 is 11.3 Å². The molecule has 1 atom stereocenters. The predicted molar refractivity (Wildman–Crippen MR) is 85.5 cm³/mol. The van der Waals surface area contributed by atoms with Gasteiger partial charge in [0.05, 0.1) is 10.6 Å². The number of aromatic carboxylic acids is 1. The highest BCUT2D eigenvalue weighted by Crippen LogP contribution is 2.31. The highest BCUT2D eigenvalue weighted by molar-refractivity contribution is 7.15. The topological polar surface area (TPSA) is 94.0 Å². The van der Waals surface area contributed by atoms with Crippen LogP contribution in [0.15, 0.2) is 35.4 Å². The summed E-state index contributed by atoms with van der Waals surface area (Å²) in [5.74, 6) is -0.110. The zero-order chi connectivity index (χ0) is 16.0. The number of carboxylic acid groups (broad SMARTS) is 1.